The average Bonchev–Trinajstić information content (AvgIpc) is 2.49. The standard InChI is InChI=1S/C15H11N3O/c19-15-13(14-7-1-2-9-17-14)6-4-10-18(15)12-5-3-8-16-11-12/h1-11H. The van der Waals surface area contributed by atoms with E-state index in [4.69, 9.17) is 0 Å². The van der Waals surface area contributed by atoms with Crippen LogP contribution in [0.3, 0.4) is 0 Å². The SMILES string of the molecule is O=c1c(-c2ccccn2)cccn1-c1cccnc1. The molecular formula is C15H11N3O. The first-order valence-electron chi connectivity index (χ1n) is 5.90. The molecule has 0 spiro atoms. The summed E-state index contributed by atoms with van der Waals surface area (Å²) in [6, 6.07) is 12.8. The third-order valence-corrected chi connectivity index (χ3v) is 2.81. The van der Waals surface area contributed by atoms with Crippen molar-refractivity contribution >= 4 is 0 Å². The summed E-state index contributed by atoms with van der Waals surface area (Å²) in [4.78, 5) is 20.7. The Labute approximate surface area is 110 Å². The molecule has 3 heterocycles. The molecule has 3 rings (SSSR count). The second-order valence-electron chi connectivity index (χ2n) is 4.02. The van der Waals surface area contributed by atoms with Crippen LogP contribution in [-0.2, 0) is 0 Å². The van der Waals surface area contributed by atoms with Crippen LogP contribution in [0.15, 0.2) is 72.0 Å². The Hall–Kier alpha value is -2.75. The molecule has 0 aliphatic carbocycles. The Morgan fingerprint density at radius 2 is 1.89 bits per heavy atom. The lowest BCUT2D eigenvalue weighted by molar-refractivity contribution is 0.979. The highest BCUT2D eigenvalue weighted by atomic mass is 16.1. The molecule has 0 aromatic carbocycles. The quantitative estimate of drug-likeness (QED) is 0.700. The van der Waals surface area contributed by atoms with Gasteiger partial charge in [-0.25, -0.2) is 0 Å². The normalized spacial score (nSPS) is 10.3. The van der Waals surface area contributed by atoms with Gasteiger partial charge in [-0.05, 0) is 36.4 Å². The minimum atomic E-state index is -0.103. The first kappa shape index (κ1) is 11.3. The van der Waals surface area contributed by atoms with E-state index in [2.05, 4.69) is 9.97 Å². The molecule has 0 bridgehead atoms. The number of pyridine rings is 3. The molecular weight excluding hydrogens is 238 g/mol. The van der Waals surface area contributed by atoms with Gasteiger partial charge in [0.05, 0.1) is 23.1 Å². The monoisotopic (exact) mass is 249 g/mol. The maximum absolute atomic E-state index is 12.5. The van der Waals surface area contributed by atoms with Crippen LogP contribution >= 0.6 is 0 Å². The molecule has 4 nitrogen and oxygen atoms in total. The minimum absolute atomic E-state index is 0.103. The molecule has 0 radical (unpaired) electrons. The molecule has 0 aliphatic heterocycles. The van der Waals surface area contributed by atoms with Crippen molar-refractivity contribution in [3.63, 3.8) is 0 Å². The van der Waals surface area contributed by atoms with Crippen LogP contribution < -0.4 is 5.56 Å². The van der Waals surface area contributed by atoms with Gasteiger partial charge in [0.15, 0.2) is 0 Å². The van der Waals surface area contributed by atoms with Crippen LogP contribution in [0.25, 0.3) is 16.9 Å². The van der Waals surface area contributed by atoms with E-state index in [0.29, 0.717) is 11.3 Å². The fraction of sp³-hybridized carbons (Fsp3) is 0. The third-order valence-electron chi connectivity index (χ3n) is 2.81. The smallest absolute Gasteiger partial charge is 0.264 e. The summed E-state index contributed by atoms with van der Waals surface area (Å²) in [7, 11) is 0. The molecule has 4 heteroatoms. The van der Waals surface area contributed by atoms with Crippen molar-refractivity contribution in [2.75, 3.05) is 0 Å². The summed E-state index contributed by atoms with van der Waals surface area (Å²) >= 11 is 0. The molecule has 0 aliphatic rings. The van der Waals surface area contributed by atoms with Gasteiger partial charge in [0.1, 0.15) is 0 Å². The maximum atomic E-state index is 12.5. The molecule has 0 fully saturated rings. The molecule has 19 heavy (non-hydrogen) atoms. The van der Waals surface area contributed by atoms with Gasteiger partial charge in [-0.15, -0.1) is 0 Å². The molecule has 0 saturated heterocycles. The Kier molecular flexibility index (Phi) is 2.90. The lowest BCUT2D eigenvalue weighted by Gasteiger charge is -2.07. The molecule has 0 saturated carbocycles. The van der Waals surface area contributed by atoms with Crippen molar-refractivity contribution in [1.29, 1.82) is 0 Å². The summed E-state index contributed by atoms with van der Waals surface area (Å²) in [6.45, 7) is 0. The van der Waals surface area contributed by atoms with Crippen LogP contribution in [0, 0.1) is 0 Å². The van der Waals surface area contributed by atoms with Crippen LogP contribution in [0.4, 0.5) is 0 Å². The van der Waals surface area contributed by atoms with Crippen molar-refractivity contribution in [3.8, 4) is 16.9 Å². The Morgan fingerprint density at radius 3 is 2.63 bits per heavy atom. The zero-order valence-corrected chi connectivity index (χ0v) is 10.1. The van der Waals surface area contributed by atoms with E-state index < -0.39 is 0 Å². The number of rotatable bonds is 2. The van der Waals surface area contributed by atoms with Crippen LogP contribution in [0.1, 0.15) is 0 Å². The number of aromatic nitrogens is 3. The van der Waals surface area contributed by atoms with Crippen molar-refractivity contribution < 1.29 is 0 Å². The maximum Gasteiger partial charge on any atom is 0.264 e. The van der Waals surface area contributed by atoms with Crippen molar-refractivity contribution in [2.24, 2.45) is 0 Å². The van der Waals surface area contributed by atoms with Gasteiger partial charge in [-0.1, -0.05) is 6.07 Å². The molecule has 92 valence electrons. The molecule has 0 unspecified atom stereocenters. The molecule has 3 aromatic rings. The largest absolute Gasteiger partial charge is 0.282 e. The highest BCUT2D eigenvalue weighted by Gasteiger charge is 2.07. The third kappa shape index (κ3) is 2.15. The predicted molar refractivity (Wildman–Crippen MR) is 73.1 cm³/mol. The van der Waals surface area contributed by atoms with Gasteiger partial charge in [0.2, 0.25) is 0 Å². The zero-order chi connectivity index (χ0) is 13.1. The van der Waals surface area contributed by atoms with E-state index in [0.717, 1.165) is 5.69 Å². The topological polar surface area (TPSA) is 47.8 Å². The Morgan fingerprint density at radius 1 is 0.947 bits per heavy atom. The van der Waals surface area contributed by atoms with Gasteiger partial charge < -0.3 is 0 Å². The van der Waals surface area contributed by atoms with Crippen LogP contribution in [-0.4, -0.2) is 14.5 Å². The molecule has 0 N–H and O–H groups in total. The highest BCUT2D eigenvalue weighted by Crippen LogP contribution is 2.12. The Bertz CT molecular complexity index is 675. The highest BCUT2D eigenvalue weighted by molar-refractivity contribution is 5.58. The van der Waals surface area contributed by atoms with Gasteiger partial charge in [0.25, 0.3) is 5.56 Å². The van der Waals surface area contributed by atoms with Crippen LogP contribution in [0.2, 0.25) is 0 Å². The number of nitrogens with zero attached hydrogens (tertiary/aromatic N) is 3. The molecule has 0 amide bonds. The van der Waals surface area contributed by atoms with Gasteiger partial charge in [-0.2, -0.15) is 0 Å². The van der Waals surface area contributed by atoms with Crippen molar-refractivity contribution in [3.05, 3.63) is 77.6 Å². The summed E-state index contributed by atoms with van der Waals surface area (Å²) in [5, 5.41) is 0. The lowest BCUT2D eigenvalue weighted by Crippen LogP contribution is -2.19. The fourth-order valence-electron chi connectivity index (χ4n) is 1.91. The van der Waals surface area contributed by atoms with Crippen LogP contribution in [0.5, 0.6) is 0 Å². The van der Waals surface area contributed by atoms with E-state index in [9.17, 15) is 4.79 Å². The summed E-state index contributed by atoms with van der Waals surface area (Å²) in [6.07, 6.45) is 6.74. The van der Waals surface area contributed by atoms with E-state index in [1.165, 1.54) is 0 Å². The summed E-state index contributed by atoms with van der Waals surface area (Å²) in [5.74, 6) is 0. The van der Waals surface area contributed by atoms with E-state index >= 15 is 0 Å². The van der Waals surface area contributed by atoms with Gasteiger partial charge in [0, 0.05) is 18.6 Å². The lowest BCUT2D eigenvalue weighted by atomic mass is 10.2. The van der Waals surface area contributed by atoms with Crippen molar-refractivity contribution in [1.82, 2.24) is 14.5 Å². The summed E-state index contributed by atoms with van der Waals surface area (Å²) < 4.78 is 1.57. The van der Waals surface area contributed by atoms with E-state index in [-0.39, 0.29) is 5.56 Å². The molecule has 0 atom stereocenters. The first-order chi connectivity index (χ1) is 9.36. The minimum Gasteiger partial charge on any atom is -0.282 e. The fourth-order valence-corrected chi connectivity index (χ4v) is 1.91. The van der Waals surface area contributed by atoms with Crippen molar-refractivity contribution in [2.45, 2.75) is 0 Å². The first-order valence-corrected chi connectivity index (χ1v) is 5.90. The average molecular weight is 249 g/mol. The van der Waals surface area contributed by atoms with E-state index in [1.54, 1.807) is 41.5 Å². The zero-order valence-electron chi connectivity index (χ0n) is 10.1. The number of hydrogen-bond acceptors (Lipinski definition) is 3. The van der Waals surface area contributed by atoms with Gasteiger partial charge in [-0.3, -0.25) is 19.3 Å². The summed E-state index contributed by atoms with van der Waals surface area (Å²) in [5.41, 5.74) is 1.89. The van der Waals surface area contributed by atoms with E-state index in [1.807, 2.05) is 30.3 Å². The Balaban J connectivity index is 2.18. The molecule has 3 aromatic heterocycles. The van der Waals surface area contributed by atoms with Gasteiger partial charge >= 0.3 is 0 Å². The predicted octanol–water partition coefficient (Wildman–Crippen LogP) is 2.29. The second kappa shape index (κ2) is 4.86. The number of hydrogen-bond donors (Lipinski definition) is 0. The second-order valence-corrected chi connectivity index (χ2v) is 4.02.